The zero-order valence-corrected chi connectivity index (χ0v) is 15.5. The normalized spacial score (nSPS) is 24.6. The van der Waals surface area contributed by atoms with Gasteiger partial charge in [0.15, 0.2) is 23.7 Å². The first-order valence-electron chi connectivity index (χ1n) is 8.27. The van der Waals surface area contributed by atoms with Crippen molar-refractivity contribution in [3.63, 3.8) is 0 Å². The van der Waals surface area contributed by atoms with Crippen molar-refractivity contribution in [3.05, 3.63) is 23.8 Å². The van der Waals surface area contributed by atoms with Crippen molar-refractivity contribution in [2.45, 2.75) is 52.3 Å². The first-order chi connectivity index (χ1) is 12.7. The lowest BCUT2D eigenvalue weighted by molar-refractivity contribution is -0.260. The van der Waals surface area contributed by atoms with E-state index in [2.05, 4.69) is 0 Å². The van der Waals surface area contributed by atoms with Crippen LogP contribution >= 0.6 is 0 Å². The standard InChI is InChI=1S/C18H22O9/c1-9-5-6-13(22)14(7-9)27-18-17(26-12(4)21)16(25-11(3)20)15(8-23-18)24-10(2)19/h5-7,15-18,22H,8H2,1-4H3/t15-,16+,17-,18+/m1/s1. The van der Waals surface area contributed by atoms with E-state index in [-0.39, 0.29) is 18.1 Å². The second kappa shape index (κ2) is 8.72. The fourth-order valence-corrected chi connectivity index (χ4v) is 2.65. The summed E-state index contributed by atoms with van der Waals surface area (Å²) in [5.74, 6) is -1.99. The summed E-state index contributed by atoms with van der Waals surface area (Å²) in [6.45, 7) is 5.18. The highest BCUT2D eigenvalue weighted by atomic mass is 16.7. The van der Waals surface area contributed by atoms with E-state index in [0.29, 0.717) is 0 Å². The second-order valence-corrected chi connectivity index (χ2v) is 6.09. The number of carbonyl (C=O) groups excluding carboxylic acids is 3. The molecule has 9 heteroatoms. The molecule has 1 aliphatic rings. The van der Waals surface area contributed by atoms with E-state index in [4.69, 9.17) is 23.7 Å². The highest BCUT2D eigenvalue weighted by molar-refractivity contribution is 5.68. The number of rotatable bonds is 5. The largest absolute Gasteiger partial charge is 0.504 e. The zero-order chi connectivity index (χ0) is 20.1. The van der Waals surface area contributed by atoms with Gasteiger partial charge in [0.2, 0.25) is 12.4 Å². The Kier molecular flexibility index (Phi) is 6.62. The third-order valence-electron chi connectivity index (χ3n) is 3.66. The second-order valence-electron chi connectivity index (χ2n) is 6.09. The fourth-order valence-electron chi connectivity index (χ4n) is 2.65. The van der Waals surface area contributed by atoms with E-state index in [1.165, 1.54) is 26.8 Å². The molecule has 1 aliphatic heterocycles. The van der Waals surface area contributed by atoms with Gasteiger partial charge in [-0.3, -0.25) is 14.4 Å². The Labute approximate surface area is 156 Å². The molecule has 2 rings (SSSR count). The van der Waals surface area contributed by atoms with Crippen LogP contribution < -0.4 is 4.74 Å². The van der Waals surface area contributed by atoms with Crippen LogP contribution in [0.15, 0.2) is 18.2 Å². The maximum Gasteiger partial charge on any atom is 0.303 e. The van der Waals surface area contributed by atoms with Crippen molar-refractivity contribution in [2.75, 3.05) is 6.61 Å². The van der Waals surface area contributed by atoms with Gasteiger partial charge in [-0.25, -0.2) is 0 Å². The van der Waals surface area contributed by atoms with Crippen molar-refractivity contribution >= 4 is 17.9 Å². The van der Waals surface area contributed by atoms with Gasteiger partial charge in [-0.1, -0.05) is 6.07 Å². The van der Waals surface area contributed by atoms with Crippen LogP contribution in [0.3, 0.4) is 0 Å². The molecular formula is C18H22O9. The molecule has 0 bridgehead atoms. The monoisotopic (exact) mass is 382 g/mol. The number of phenols is 1. The molecule has 4 atom stereocenters. The van der Waals surface area contributed by atoms with Crippen LogP contribution in [0.2, 0.25) is 0 Å². The molecule has 0 radical (unpaired) electrons. The van der Waals surface area contributed by atoms with Gasteiger partial charge in [0.1, 0.15) is 0 Å². The van der Waals surface area contributed by atoms with E-state index in [1.54, 1.807) is 19.1 Å². The van der Waals surface area contributed by atoms with Crippen molar-refractivity contribution in [1.82, 2.24) is 0 Å². The number of aromatic hydroxyl groups is 1. The lowest BCUT2D eigenvalue weighted by atomic mass is 10.0. The number of carbonyl (C=O) groups is 3. The number of phenolic OH excluding ortho intramolecular Hbond substituents is 1. The molecule has 0 aliphatic carbocycles. The van der Waals surface area contributed by atoms with E-state index >= 15 is 0 Å². The Morgan fingerprint density at radius 2 is 1.59 bits per heavy atom. The number of hydrogen-bond acceptors (Lipinski definition) is 9. The Morgan fingerprint density at radius 1 is 1.00 bits per heavy atom. The van der Waals surface area contributed by atoms with E-state index < -0.39 is 42.5 Å². The Morgan fingerprint density at radius 3 is 2.19 bits per heavy atom. The molecule has 0 spiro atoms. The molecule has 1 aromatic rings. The lowest BCUT2D eigenvalue weighted by Crippen LogP contribution is -2.59. The first-order valence-corrected chi connectivity index (χ1v) is 8.27. The van der Waals surface area contributed by atoms with Gasteiger partial charge >= 0.3 is 17.9 Å². The number of ether oxygens (including phenoxy) is 5. The maximum absolute atomic E-state index is 11.6. The van der Waals surface area contributed by atoms with Crippen LogP contribution in [0.5, 0.6) is 11.5 Å². The molecule has 1 fully saturated rings. The highest BCUT2D eigenvalue weighted by Crippen LogP contribution is 2.32. The van der Waals surface area contributed by atoms with Gasteiger partial charge in [0.25, 0.3) is 0 Å². The minimum atomic E-state index is -1.22. The van der Waals surface area contributed by atoms with Crippen molar-refractivity contribution in [3.8, 4) is 11.5 Å². The number of esters is 3. The first kappa shape index (κ1) is 20.5. The minimum absolute atomic E-state index is 0.102. The fraction of sp³-hybridized carbons (Fsp3) is 0.500. The van der Waals surface area contributed by atoms with E-state index in [0.717, 1.165) is 5.56 Å². The predicted octanol–water partition coefficient (Wildman–Crippen LogP) is 1.23. The molecular weight excluding hydrogens is 360 g/mol. The summed E-state index contributed by atoms with van der Waals surface area (Å²) in [7, 11) is 0. The summed E-state index contributed by atoms with van der Waals surface area (Å²) >= 11 is 0. The summed E-state index contributed by atoms with van der Waals surface area (Å²) in [5.41, 5.74) is 0.817. The van der Waals surface area contributed by atoms with Crippen LogP contribution in [0.1, 0.15) is 26.3 Å². The van der Waals surface area contributed by atoms with Crippen LogP contribution in [0.25, 0.3) is 0 Å². The average Bonchev–Trinajstić information content (AvgIpc) is 2.55. The number of aryl methyl sites for hydroxylation is 1. The van der Waals surface area contributed by atoms with Gasteiger partial charge < -0.3 is 28.8 Å². The van der Waals surface area contributed by atoms with Crippen molar-refractivity contribution in [2.24, 2.45) is 0 Å². The zero-order valence-electron chi connectivity index (χ0n) is 15.5. The Bertz CT molecular complexity index is 715. The Balaban J connectivity index is 2.32. The summed E-state index contributed by atoms with van der Waals surface area (Å²) in [6, 6.07) is 4.70. The molecule has 148 valence electrons. The predicted molar refractivity (Wildman–Crippen MR) is 89.9 cm³/mol. The molecule has 9 nitrogen and oxygen atoms in total. The van der Waals surface area contributed by atoms with E-state index in [1.807, 2.05) is 0 Å². The molecule has 0 aromatic heterocycles. The van der Waals surface area contributed by atoms with E-state index in [9.17, 15) is 19.5 Å². The summed E-state index contributed by atoms with van der Waals surface area (Å²) in [5, 5.41) is 9.97. The van der Waals surface area contributed by atoms with Crippen molar-refractivity contribution in [1.29, 1.82) is 0 Å². The molecule has 1 N–H and O–H groups in total. The molecule has 0 unspecified atom stereocenters. The molecule has 0 amide bonds. The Hall–Kier alpha value is -2.81. The van der Waals surface area contributed by atoms with Crippen LogP contribution in [-0.2, 0) is 33.3 Å². The SMILES string of the molecule is CC(=O)O[C@@H]1[C@@H](OC(C)=O)[C@H](Oc2cc(C)ccc2O)OC[C@H]1OC(C)=O. The number of benzene rings is 1. The van der Waals surface area contributed by atoms with Gasteiger partial charge in [0.05, 0.1) is 6.61 Å². The summed E-state index contributed by atoms with van der Waals surface area (Å²) < 4.78 is 26.8. The average molecular weight is 382 g/mol. The minimum Gasteiger partial charge on any atom is -0.504 e. The van der Waals surface area contributed by atoms with Gasteiger partial charge in [-0.05, 0) is 24.6 Å². The highest BCUT2D eigenvalue weighted by Gasteiger charge is 2.48. The summed E-state index contributed by atoms with van der Waals surface area (Å²) in [6.07, 6.45) is -4.54. The lowest BCUT2D eigenvalue weighted by Gasteiger charge is -2.40. The van der Waals surface area contributed by atoms with Crippen LogP contribution in [0.4, 0.5) is 0 Å². The molecule has 1 saturated heterocycles. The molecule has 1 heterocycles. The summed E-state index contributed by atoms with van der Waals surface area (Å²) in [4.78, 5) is 34.4. The number of hydrogen-bond donors (Lipinski definition) is 1. The van der Waals surface area contributed by atoms with Crippen molar-refractivity contribution < 1.29 is 43.2 Å². The van der Waals surface area contributed by atoms with Crippen LogP contribution in [0, 0.1) is 6.92 Å². The molecule has 1 aromatic carbocycles. The molecule has 0 saturated carbocycles. The maximum atomic E-state index is 11.6. The van der Waals surface area contributed by atoms with Gasteiger partial charge in [-0.2, -0.15) is 0 Å². The quantitative estimate of drug-likeness (QED) is 0.592. The third-order valence-corrected chi connectivity index (χ3v) is 3.66. The van der Waals surface area contributed by atoms with Gasteiger partial charge in [-0.15, -0.1) is 0 Å². The third kappa shape index (κ3) is 5.58. The smallest absolute Gasteiger partial charge is 0.303 e. The molecule has 27 heavy (non-hydrogen) atoms. The van der Waals surface area contributed by atoms with Gasteiger partial charge in [0, 0.05) is 20.8 Å². The van der Waals surface area contributed by atoms with Crippen LogP contribution in [-0.4, -0.2) is 54.2 Å². The topological polar surface area (TPSA) is 118 Å².